The van der Waals surface area contributed by atoms with Crippen molar-refractivity contribution in [3.8, 4) is 0 Å². The van der Waals surface area contributed by atoms with Gasteiger partial charge in [-0.1, -0.05) is 25.4 Å². The highest BCUT2D eigenvalue weighted by Gasteiger charge is 2.10. The second kappa shape index (κ2) is 7.36. The molecule has 0 fully saturated rings. The quantitative estimate of drug-likeness (QED) is 0.788. The molecule has 4 nitrogen and oxygen atoms in total. The van der Waals surface area contributed by atoms with Gasteiger partial charge in [0.15, 0.2) is 0 Å². The Labute approximate surface area is 119 Å². The molecule has 0 bridgehead atoms. The van der Waals surface area contributed by atoms with E-state index in [0.717, 1.165) is 6.42 Å². The maximum atomic E-state index is 11.7. The van der Waals surface area contributed by atoms with Crippen LogP contribution in [0.3, 0.4) is 0 Å². The SMILES string of the molecule is CC(C)CC(C)OCC(=O)Nc1ccc(Cl)cc1N. The minimum absolute atomic E-state index is 0.0238. The van der Waals surface area contributed by atoms with Crippen molar-refractivity contribution in [2.24, 2.45) is 5.92 Å². The van der Waals surface area contributed by atoms with E-state index in [4.69, 9.17) is 22.1 Å². The number of hydrogen-bond donors (Lipinski definition) is 2. The third kappa shape index (κ3) is 5.94. The zero-order chi connectivity index (χ0) is 14.4. The average Bonchev–Trinajstić information content (AvgIpc) is 2.29. The molecule has 19 heavy (non-hydrogen) atoms. The van der Waals surface area contributed by atoms with Crippen LogP contribution in [0.5, 0.6) is 0 Å². The summed E-state index contributed by atoms with van der Waals surface area (Å²) in [5.41, 5.74) is 6.74. The summed E-state index contributed by atoms with van der Waals surface area (Å²) in [6.45, 7) is 6.22. The summed E-state index contributed by atoms with van der Waals surface area (Å²) in [6, 6.07) is 4.95. The molecule has 1 rings (SSSR count). The van der Waals surface area contributed by atoms with Gasteiger partial charge in [-0.2, -0.15) is 0 Å². The third-order valence-corrected chi connectivity index (χ3v) is 2.83. The van der Waals surface area contributed by atoms with Gasteiger partial charge < -0.3 is 15.8 Å². The number of nitrogens with two attached hydrogens (primary N) is 1. The highest BCUT2D eigenvalue weighted by Crippen LogP contribution is 2.22. The average molecular weight is 285 g/mol. The van der Waals surface area contributed by atoms with Crippen molar-refractivity contribution in [3.63, 3.8) is 0 Å². The lowest BCUT2D eigenvalue weighted by molar-refractivity contribution is -0.122. The highest BCUT2D eigenvalue weighted by molar-refractivity contribution is 6.31. The first kappa shape index (κ1) is 15.8. The van der Waals surface area contributed by atoms with E-state index in [1.54, 1.807) is 18.2 Å². The fourth-order valence-corrected chi connectivity index (χ4v) is 1.96. The Kier molecular flexibility index (Phi) is 6.12. The number of benzene rings is 1. The summed E-state index contributed by atoms with van der Waals surface area (Å²) < 4.78 is 5.47. The smallest absolute Gasteiger partial charge is 0.250 e. The molecule has 1 atom stereocenters. The first-order chi connectivity index (χ1) is 8.88. The molecule has 0 heterocycles. The van der Waals surface area contributed by atoms with Gasteiger partial charge in [-0.25, -0.2) is 0 Å². The van der Waals surface area contributed by atoms with Crippen molar-refractivity contribution in [2.75, 3.05) is 17.7 Å². The topological polar surface area (TPSA) is 64.3 Å². The van der Waals surface area contributed by atoms with Crippen LogP contribution in [0.25, 0.3) is 0 Å². The molecule has 5 heteroatoms. The zero-order valence-electron chi connectivity index (χ0n) is 11.6. The Bertz CT molecular complexity index is 435. The molecule has 0 aliphatic carbocycles. The lowest BCUT2D eigenvalue weighted by Crippen LogP contribution is -2.23. The Morgan fingerprint density at radius 3 is 2.68 bits per heavy atom. The molecule has 0 spiro atoms. The number of hydrogen-bond acceptors (Lipinski definition) is 3. The lowest BCUT2D eigenvalue weighted by atomic mass is 10.1. The van der Waals surface area contributed by atoms with Gasteiger partial charge in [0.1, 0.15) is 6.61 Å². The standard InChI is InChI=1S/C14H21ClN2O2/c1-9(2)6-10(3)19-8-14(18)17-13-5-4-11(15)7-12(13)16/h4-5,7,9-10H,6,8,16H2,1-3H3,(H,17,18). The van der Waals surface area contributed by atoms with E-state index in [1.165, 1.54) is 0 Å². The highest BCUT2D eigenvalue weighted by atomic mass is 35.5. The maximum Gasteiger partial charge on any atom is 0.250 e. The van der Waals surface area contributed by atoms with Crippen molar-refractivity contribution in [1.29, 1.82) is 0 Å². The summed E-state index contributed by atoms with van der Waals surface area (Å²) >= 11 is 5.79. The van der Waals surface area contributed by atoms with E-state index in [0.29, 0.717) is 22.3 Å². The van der Waals surface area contributed by atoms with Gasteiger partial charge in [0.25, 0.3) is 0 Å². The van der Waals surface area contributed by atoms with Crippen LogP contribution in [0.15, 0.2) is 18.2 Å². The molecule has 0 saturated carbocycles. The van der Waals surface area contributed by atoms with Crippen LogP contribution in [0, 0.1) is 5.92 Å². The largest absolute Gasteiger partial charge is 0.397 e. The van der Waals surface area contributed by atoms with E-state index in [9.17, 15) is 4.79 Å². The van der Waals surface area contributed by atoms with Gasteiger partial charge in [0, 0.05) is 5.02 Å². The molecule has 1 aromatic rings. The number of rotatable bonds is 6. The number of nitrogens with one attached hydrogen (secondary N) is 1. The van der Waals surface area contributed by atoms with Crippen molar-refractivity contribution in [2.45, 2.75) is 33.3 Å². The van der Waals surface area contributed by atoms with Gasteiger partial charge in [-0.05, 0) is 37.5 Å². The molecule has 0 saturated heterocycles. The number of amides is 1. The fraction of sp³-hybridized carbons (Fsp3) is 0.500. The van der Waals surface area contributed by atoms with Crippen molar-refractivity contribution in [1.82, 2.24) is 0 Å². The van der Waals surface area contributed by atoms with Gasteiger partial charge >= 0.3 is 0 Å². The molecular formula is C14H21ClN2O2. The lowest BCUT2D eigenvalue weighted by Gasteiger charge is -2.15. The van der Waals surface area contributed by atoms with Gasteiger partial charge in [0.05, 0.1) is 17.5 Å². The second-order valence-electron chi connectivity index (χ2n) is 5.03. The van der Waals surface area contributed by atoms with Crippen molar-refractivity contribution < 1.29 is 9.53 Å². The molecular weight excluding hydrogens is 264 g/mol. The Morgan fingerprint density at radius 1 is 1.42 bits per heavy atom. The first-order valence-electron chi connectivity index (χ1n) is 6.35. The summed E-state index contributed by atoms with van der Waals surface area (Å²) in [7, 11) is 0. The maximum absolute atomic E-state index is 11.7. The summed E-state index contributed by atoms with van der Waals surface area (Å²) in [4.78, 5) is 11.7. The number of halogens is 1. The second-order valence-corrected chi connectivity index (χ2v) is 5.47. The number of anilines is 2. The Hall–Kier alpha value is -1.26. The van der Waals surface area contributed by atoms with Gasteiger partial charge in [0.2, 0.25) is 5.91 Å². The van der Waals surface area contributed by atoms with Gasteiger partial charge in [-0.3, -0.25) is 4.79 Å². The molecule has 0 aliphatic rings. The van der Waals surface area contributed by atoms with Gasteiger partial charge in [-0.15, -0.1) is 0 Å². The van der Waals surface area contributed by atoms with E-state index >= 15 is 0 Å². The normalized spacial score (nSPS) is 12.5. The summed E-state index contributed by atoms with van der Waals surface area (Å²) in [5.74, 6) is 0.328. The molecule has 106 valence electrons. The Morgan fingerprint density at radius 2 is 2.11 bits per heavy atom. The molecule has 1 amide bonds. The van der Waals surface area contributed by atoms with Crippen LogP contribution in [0.2, 0.25) is 5.02 Å². The van der Waals surface area contributed by atoms with Crippen molar-refractivity contribution in [3.05, 3.63) is 23.2 Å². The zero-order valence-corrected chi connectivity index (χ0v) is 12.3. The summed E-state index contributed by atoms with van der Waals surface area (Å²) in [6.07, 6.45) is 0.990. The third-order valence-electron chi connectivity index (χ3n) is 2.59. The number of carbonyl (C=O) groups excluding carboxylic acids is 1. The van der Waals surface area contributed by atoms with Crippen molar-refractivity contribution >= 4 is 28.9 Å². The molecule has 3 N–H and O–H groups in total. The van der Waals surface area contributed by atoms with Crippen LogP contribution in [-0.4, -0.2) is 18.6 Å². The summed E-state index contributed by atoms with van der Waals surface area (Å²) in [5, 5.41) is 3.24. The van der Waals surface area contributed by atoms with E-state index in [-0.39, 0.29) is 18.6 Å². The predicted molar refractivity (Wildman–Crippen MR) is 79.4 cm³/mol. The molecule has 1 aromatic carbocycles. The number of ether oxygens (including phenoxy) is 1. The first-order valence-corrected chi connectivity index (χ1v) is 6.72. The predicted octanol–water partition coefficient (Wildman–Crippen LogP) is 3.31. The van der Waals surface area contributed by atoms with E-state index < -0.39 is 0 Å². The molecule has 0 aliphatic heterocycles. The fourth-order valence-electron chi connectivity index (χ4n) is 1.78. The molecule has 1 unspecified atom stereocenters. The number of carbonyl (C=O) groups is 1. The number of nitrogen functional groups attached to an aromatic ring is 1. The van der Waals surface area contributed by atoms with Crippen LogP contribution in [-0.2, 0) is 9.53 Å². The minimum atomic E-state index is -0.218. The van der Waals surface area contributed by atoms with Crippen LogP contribution in [0.4, 0.5) is 11.4 Å². The minimum Gasteiger partial charge on any atom is -0.397 e. The van der Waals surface area contributed by atoms with Crippen LogP contribution >= 0.6 is 11.6 Å². The van der Waals surface area contributed by atoms with Crippen LogP contribution < -0.4 is 11.1 Å². The molecule has 0 aromatic heterocycles. The monoisotopic (exact) mass is 284 g/mol. The van der Waals surface area contributed by atoms with Crippen LogP contribution in [0.1, 0.15) is 27.2 Å². The van der Waals surface area contributed by atoms with E-state index in [1.807, 2.05) is 6.92 Å². The Balaban J connectivity index is 2.43. The molecule has 0 radical (unpaired) electrons. The van der Waals surface area contributed by atoms with E-state index in [2.05, 4.69) is 19.2 Å².